The molecular weight excluding hydrogens is 372 g/mol. The fourth-order valence-electron chi connectivity index (χ4n) is 3.74. The third-order valence-electron chi connectivity index (χ3n) is 4.91. The summed E-state index contributed by atoms with van der Waals surface area (Å²) in [7, 11) is 0. The Morgan fingerprint density at radius 3 is 2.86 bits per heavy atom. The Morgan fingerprint density at radius 2 is 2.17 bits per heavy atom. The number of aromatic nitrogens is 1. The summed E-state index contributed by atoms with van der Waals surface area (Å²) in [5.41, 5.74) is 1.62. The van der Waals surface area contributed by atoms with Crippen LogP contribution in [0.25, 0.3) is 10.9 Å². The summed E-state index contributed by atoms with van der Waals surface area (Å²) < 4.78 is 5.31. The molecule has 1 fully saturated rings. The van der Waals surface area contributed by atoms with Crippen LogP contribution in [0, 0.1) is 23.0 Å². The molecule has 0 radical (unpaired) electrons. The molecule has 0 saturated carbocycles. The zero-order valence-corrected chi connectivity index (χ0v) is 17.4. The van der Waals surface area contributed by atoms with Crippen LogP contribution in [0.4, 0.5) is 16.2 Å². The standard InChI is InChI=1S/C21H28N4O4/c1-14-11-18(16-8-5-9-17(25(27)28)19(16)23-14)24-10-6-7-15(13-24)12-22-20(26)29-21(2,3)4/h5,8-9,11,15H,6-7,10,12-13H2,1-4H3,(H,22,26). The lowest BCUT2D eigenvalue weighted by Crippen LogP contribution is -2.42. The van der Waals surface area contributed by atoms with Crippen LogP contribution in [0.5, 0.6) is 0 Å². The third-order valence-corrected chi connectivity index (χ3v) is 4.91. The lowest BCUT2D eigenvalue weighted by Gasteiger charge is -2.35. The van der Waals surface area contributed by atoms with Crippen LogP contribution in [-0.2, 0) is 4.74 Å². The highest BCUT2D eigenvalue weighted by Gasteiger charge is 2.25. The number of hydrogen-bond acceptors (Lipinski definition) is 6. The molecule has 8 nitrogen and oxygen atoms in total. The highest BCUT2D eigenvalue weighted by atomic mass is 16.6. The van der Waals surface area contributed by atoms with E-state index in [0.29, 0.717) is 12.1 Å². The first-order chi connectivity index (χ1) is 13.6. The summed E-state index contributed by atoms with van der Waals surface area (Å²) in [6.45, 7) is 9.53. The monoisotopic (exact) mass is 400 g/mol. The van der Waals surface area contributed by atoms with Gasteiger partial charge in [-0.2, -0.15) is 0 Å². The van der Waals surface area contributed by atoms with Gasteiger partial charge in [-0.3, -0.25) is 10.1 Å². The maximum absolute atomic E-state index is 12.0. The zero-order valence-electron chi connectivity index (χ0n) is 17.4. The lowest BCUT2D eigenvalue weighted by atomic mass is 9.96. The van der Waals surface area contributed by atoms with Gasteiger partial charge in [0.05, 0.1) is 4.92 Å². The van der Waals surface area contributed by atoms with Gasteiger partial charge in [0, 0.05) is 42.5 Å². The number of ether oxygens (including phenoxy) is 1. The zero-order chi connectivity index (χ0) is 21.2. The van der Waals surface area contributed by atoms with Gasteiger partial charge < -0.3 is 15.0 Å². The topological polar surface area (TPSA) is 97.6 Å². The Kier molecular flexibility index (Phi) is 5.91. The average molecular weight is 400 g/mol. The summed E-state index contributed by atoms with van der Waals surface area (Å²) in [4.78, 5) is 29.6. The van der Waals surface area contributed by atoms with Crippen molar-refractivity contribution in [3.8, 4) is 0 Å². The Hall–Kier alpha value is -2.90. The number of nitro benzene ring substituents is 1. The largest absolute Gasteiger partial charge is 0.444 e. The maximum Gasteiger partial charge on any atom is 0.407 e. The molecule has 1 amide bonds. The summed E-state index contributed by atoms with van der Waals surface area (Å²) >= 11 is 0. The minimum Gasteiger partial charge on any atom is -0.444 e. The number of nitrogens with zero attached hydrogens (tertiary/aromatic N) is 3. The van der Waals surface area contributed by atoms with Crippen LogP contribution in [0.3, 0.4) is 0 Å². The highest BCUT2D eigenvalue weighted by molar-refractivity contribution is 5.97. The van der Waals surface area contributed by atoms with E-state index in [-0.39, 0.29) is 16.5 Å². The molecule has 0 aliphatic carbocycles. The lowest BCUT2D eigenvalue weighted by molar-refractivity contribution is -0.383. The van der Waals surface area contributed by atoms with Gasteiger partial charge in [0.15, 0.2) is 5.52 Å². The summed E-state index contributed by atoms with van der Waals surface area (Å²) in [6, 6.07) is 7.05. The second-order valence-corrected chi connectivity index (χ2v) is 8.55. The first kappa shape index (κ1) is 20.8. The first-order valence-corrected chi connectivity index (χ1v) is 9.90. The number of fused-ring (bicyclic) bond motifs is 1. The molecule has 1 aliphatic rings. The molecule has 1 aromatic heterocycles. The molecule has 0 bridgehead atoms. The molecule has 1 N–H and O–H groups in total. The van der Waals surface area contributed by atoms with Gasteiger partial charge in [0.2, 0.25) is 0 Å². The number of nitro groups is 1. The van der Waals surface area contributed by atoms with E-state index in [1.807, 2.05) is 39.8 Å². The predicted molar refractivity (Wildman–Crippen MR) is 112 cm³/mol. The molecule has 0 spiro atoms. The van der Waals surface area contributed by atoms with Crippen LogP contribution in [0.1, 0.15) is 39.3 Å². The van der Waals surface area contributed by atoms with Crippen molar-refractivity contribution in [3.05, 3.63) is 40.1 Å². The van der Waals surface area contributed by atoms with Crippen molar-refractivity contribution in [2.45, 2.75) is 46.1 Å². The van der Waals surface area contributed by atoms with E-state index < -0.39 is 11.7 Å². The number of non-ortho nitro benzene ring substituents is 1. The fraction of sp³-hybridized carbons (Fsp3) is 0.524. The van der Waals surface area contributed by atoms with Crippen molar-refractivity contribution in [1.29, 1.82) is 0 Å². The number of carbonyl (C=O) groups excluding carboxylic acids is 1. The van der Waals surface area contributed by atoms with Crippen LogP contribution in [0.15, 0.2) is 24.3 Å². The number of nitrogens with one attached hydrogen (secondary N) is 1. The van der Waals surface area contributed by atoms with Gasteiger partial charge in [0.1, 0.15) is 5.60 Å². The smallest absolute Gasteiger partial charge is 0.407 e. The van der Waals surface area contributed by atoms with Gasteiger partial charge in [-0.05, 0) is 52.5 Å². The number of rotatable bonds is 4. The van der Waals surface area contributed by atoms with E-state index in [9.17, 15) is 14.9 Å². The van der Waals surface area contributed by atoms with Crippen molar-refractivity contribution >= 4 is 28.4 Å². The molecule has 29 heavy (non-hydrogen) atoms. The van der Waals surface area contributed by atoms with Crippen molar-refractivity contribution in [2.24, 2.45) is 5.92 Å². The normalized spacial score (nSPS) is 17.2. The molecule has 156 valence electrons. The molecule has 1 aromatic carbocycles. The number of carbonyl (C=O) groups is 1. The van der Waals surface area contributed by atoms with E-state index in [2.05, 4.69) is 15.2 Å². The molecule has 1 atom stereocenters. The van der Waals surface area contributed by atoms with Crippen molar-refractivity contribution in [1.82, 2.24) is 10.3 Å². The van der Waals surface area contributed by atoms with Gasteiger partial charge in [-0.15, -0.1) is 0 Å². The van der Waals surface area contributed by atoms with E-state index >= 15 is 0 Å². The number of benzene rings is 1. The van der Waals surface area contributed by atoms with Crippen molar-refractivity contribution < 1.29 is 14.5 Å². The SMILES string of the molecule is Cc1cc(N2CCCC(CNC(=O)OC(C)(C)C)C2)c2cccc([N+](=O)[O-])c2n1. The molecule has 3 rings (SSSR count). The molecular formula is C21H28N4O4. The molecule has 1 saturated heterocycles. The number of aryl methyl sites for hydroxylation is 1. The molecule has 1 unspecified atom stereocenters. The second kappa shape index (κ2) is 8.23. The number of pyridine rings is 1. The summed E-state index contributed by atoms with van der Waals surface area (Å²) in [5, 5.41) is 15.1. The number of alkyl carbamates (subject to hydrolysis) is 1. The van der Waals surface area contributed by atoms with E-state index in [0.717, 1.165) is 42.7 Å². The predicted octanol–water partition coefficient (Wildman–Crippen LogP) is 4.19. The minimum atomic E-state index is -0.523. The van der Waals surface area contributed by atoms with Crippen LogP contribution < -0.4 is 10.2 Å². The first-order valence-electron chi connectivity index (χ1n) is 9.90. The number of hydrogen-bond donors (Lipinski definition) is 1. The molecule has 2 aromatic rings. The number of piperidine rings is 1. The van der Waals surface area contributed by atoms with E-state index in [1.54, 1.807) is 6.07 Å². The Morgan fingerprint density at radius 1 is 1.41 bits per heavy atom. The van der Waals surface area contributed by atoms with Crippen LogP contribution in [-0.4, -0.2) is 41.2 Å². The van der Waals surface area contributed by atoms with Gasteiger partial charge in [-0.25, -0.2) is 9.78 Å². The number of amides is 1. The quantitative estimate of drug-likeness (QED) is 0.610. The van der Waals surface area contributed by atoms with Gasteiger partial charge in [0.25, 0.3) is 5.69 Å². The van der Waals surface area contributed by atoms with Crippen LogP contribution in [0.2, 0.25) is 0 Å². The van der Waals surface area contributed by atoms with Crippen molar-refractivity contribution in [2.75, 3.05) is 24.5 Å². The van der Waals surface area contributed by atoms with Crippen LogP contribution >= 0.6 is 0 Å². The fourth-order valence-corrected chi connectivity index (χ4v) is 3.74. The molecule has 1 aliphatic heterocycles. The Balaban J connectivity index is 1.79. The van der Waals surface area contributed by atoms with E-state index in [1.165, 1.54) is 6.07 Å². The second-order valence-electron chi connectivity index (χ2n) is 8.55. The minimum absolute atomic E-state index is 0.0209. The number of para-hydroxylation sites is 1. The summed E-state index contributed by atoms with van der Waals surface area (Å²) in [5.74, 6) is 0.276. The maximum atomic E-state index is 12.0. The van der Waals surface area contributed by atoms with Crippen molar-refractivity contribution in [3.63, 3.8) is 0 Å². The third kappa shape index (κ3) is 5.13. The summed E-state index contributed by atoms with van der Waals surface area (Å²) in [6.07, 6.45) is 1.59. The Bertz CT molecular complexity index is 923. The Labute approximate surface area is 170 Å². The average Bonchev–Trinajstić information content (AvgIpc) is 2.64. The van der Waals surface area contributed by atoms with Gasteiger partial charge >= 0.3 is 6.09 Å². The van der Waals surface area contributed by atoms with E-state index in [4.69, 9.17) is 4.74 Å². The highest BCUT2D eigenvalue weighted by Crippen LogP contribution is 2.34. The van der Waals surface area contributed by atoms with Gasteiger partial charge in [-0.1, -0.05) is 12.1 Å². The molecule has 2 heterocycles. The number of anilines is 1. The molecule has 8 heteroatoms.